The second-order valence-corrected chi connectivity index (χ2v) is 5.62. The molecule has 96 valence electrons. The van der Waals surface area contributed by atoms with Crippen molar-refractivity contribution in [2.45, 2.75) is 4.90 Å². The highest BCUT2D eigenvalue weighted by Crippen LogP contribution is 2.26. The van der Waals surface area contributed by atoms with E-state index in [9.17, 15) is 18.0 Å². The number of imide groups is 1. The van der Waals surface area contributed by atoms with Crippen molar-refractivity contribution in [1.29, 1.82) is 0 Å². The molecule has 0 spiro atoms. The summed E-state index contributed by atoms with van der Waals surface area (Å²) in [5, 5.41) is 7.46. The molecule has 0 fully saturated rings. The third-order valence-electron chi connectivity index (χ3n) is 2.87. The van der Waals surface area contributed by atoms with Crippen molar-refractivity contribution < 1.29 is 18.0 Å². The minimum Gasteiger partial charge on any atom is -0.288 e. The number of sulfonamides is 1. The Hall–Kier alpha value is -2.32. The number of benzene rings is 1. The molecule has 0 saturated heterocycles. The van der Waals surface area contributed by atoms with E-state index < -0.39 is 21.8 Å². The second-order valence-electron chi connectivity index (χ2n) is 4.05. The first-order chi connectivity index (χ1) is 8.88. The number of aromatic nitrogens is 1. The summed E-state index contributed by atoms with van der Waals surface area (Å²) in [6.07, 6.45) is 1.29. The smallest absolute Gasteiger partial charge is 0.260 e. The number of hydrogen-bond donors (Lipinski definition) is 2. The fraction of sp³-hybridized carbons (Fsp3) is 0. The summed E-state index contributed by atoms with van der Waals surface area (Å²) in [6.45, 7) is 0. The molecule has 1 aliphatic heterocycles. The summed E-state index contributed by atoms with van der Waals surface area (Å²) in [6, 6.07) is 3.98. The molecule has 0 bridgehead atoms. The van der Waals surface area contributed by atoms with E-state index >= 15 is 0 Å². The predicted molar refractivity (Wildman–Crippen MR) is 64.9 cm³/mol. The highest BCUT2D eigenvalue weighted by atomic mass is 32.2. The molecule has 2 heterocycles. The van der Waals surface area contributed by atoms with Gasteiger partial charge in [0.25, 0.3) is 11.8 Å². The van der Waals surface area contributed by atoms with Crippen LogP contribution in [0.2, 0.25) is 0 Å². The number of nitrogens with one attached hydrogen (secondary N) is 1. The molecular formula is C11H7N3O4S. The van der Waals surface area contributed by atoms with Gasteiger partial charge in [0.1, 0.15) is 0 Å². The highest BCUT2D eigenvalue weighted by molar-refractivity contribution is 7.89. The normalized spacial score (nSPS) is 14.6. The third kappa shape index (κ3) is 1.69. The lowest BCUT2D eigenvalue weighted by molar-refractivity contribution is 0.0880. The Morgan fingerprint density at radius 2 is 1.89 bits per heavy atom. The predicted octanol–water partition coefficient (Wildman–Crippen LogP) is -0.234. The molecule has 2 amide bonds. The van der Waals surface area contributed by atoms with Gasteiger partial charge in [-0.25, -0.2) is 13.6 Å². The lowest BCUT2D eigenvalue weighted by Crippen LogP contribution is -2.20. The largest absolute Gasteiger partial charge is 0.288 e. The van der Waals surface area contributed by atoms with Gasteiger partial charge in [0.2, 0.25) is 10.0 Å². The molecule has 0 aliphatic carbocycles. The quantitative estimate of drug-likeness (QED) is 0.697. The van der Waals surface area contributed by atoms with Crippen molar-refractivity contribution in [2.75, 3.05) is 0 Å². The molecule has 1 aromatic carbocycles. The Bertz CT molecular complexity index is 858. The number of primary sulfonamides is 1. The molecule has 0 atom stereocenters. The van der Waals surface area contributed by atoms with Crippen LogP contribution < -0.4 is 10.5 Å². The number of nitrogens with two attached hydrogens (primary N) is 1. The van der Waals surface area contributed by atoms with Gasteiger partial charge in [-0.3, -0.25) is 19.9 Å². The number of nitrogens with zero attached hydrogens (tertiary/aromatic N) is 1. The molecule has 3 N–H and O–H groups in total. The van der Waals surface area contributed by atoms with Crippen LogP contribution in [0, 0.1) is 0 Å². The van der Waals surface area contributed by atoms with Crippen LogP contribution in [-0.4, -0.2) is 25.2 Å². The van der Waals surface area contributed by atoms with E-state index in [0.717, 1.165) is 0 Å². The first kappa shape index (κ1) is 11.8. The molecule has 1 aliphatic rings. The van der Waals surface area contributed by atoms with Crippen LogP contribution >= 0.6 is 0 Å². The molecule has 19 heavy (non-hydrogen) atoms. The lowest BCUT2D eigenvalue weighted by atomic mass is 10.1. The summed E-state index contributed by atoms with van der Waals surface area (Å²) in [5.41, 5.74) is 0.667. The van der Waals surface area contributed by atoms with Gasteiger partial charge in [-0.1, -0.05) is 0 Å². The Labute approximate surface area is 107 Å². The molecule has 0 unspecified atom stereocenters. The van der Waals surface area contributed by atoms with Gasteiger partial charge in [0.05, 0.1) is 21.5 Å². The third-order valence-corrected chi connectivity index (χ3v) is 3.78. The maximum absolute atomic E-state index is 11.7. The zero-order chi connectivity index (χ0) is 13.8. The van der Waals surface area contributed by atoms with E-state index in [1.165, 1.54) is 24.4 Å². The van der Waals surface area contributed by atoms with Crippen LogP contribution in [0.3, 0.4) is 0 Å². The van der Waals surface area contributed by atoms with E-state index in [-0.39, 0.29) is 21.4 Å². The number of pyridine rings is 1. The Kier molecular flexibility index (Phi) is 2.22. The maximum Gasteiger partial charge on any atom is 0.260 e. The molecule has 2 aromatic rings. The van der Waals surface area contributed by atoms with Gasteiger partial charge >= 0.3 is 0 Å². The van der Waals surface area contributed by atoms with Gasteiger partial charge in [0, 0.05) is 11.6 Å². The average molecular weight is 277 g/mol. The zero-order valence-electron chi connectivity index (χ0n) is 9.38. The van der Waals surface area contributed by atoms with Gasteiger partial charge < -0.3 is 0 Å². The van der Waals surface area contributed by atoms with Crippen molar-refractivity contribution in [1.82, 2.24) is 10.3 Å². The van der Waals surface area contributed by atoms with Gasteiger partial charge in [-0.2, -0.15) is 0 Å². The number of fused-ring (bicyclic) bond motifs is 3. The van der Waals surface area contributed by atoms with Gasteiger partial charge in [0.15, 0.2) is 0 Å². The summed E-state index contributed by atoms with van der Waals surface area (Å²) >= 11 is 0. The van der Waals surface area contributed by atoms with Crippen LogP contribution in [0.1, 0.15) is 20.7 Å². The molecule has 0 saturated carbocycles. The number of amides is 2. The van der Waals surface area contributed by atoms with E-state index in [1.807, 2.05) is 0 Å². The average Bonchev–Trinajstić information content (AvgIpc) is 2.63. The van der Waals surface area contributed by atoms with Crippen molar-refractivity contribution >= 4 is 32.7 Å². The second kappa shape index (κ2) is 3.59. The molecule has 8 heteroatoms. The summed E-state index contributed by atoms with van der Waals surface area (Å²) in [5.74, 6) is -1.12. The fourth-order valence-corrected chi connectivity index (χ4v) is 2.54. The molecule has 1 aromatic heterocycles. The van der Waals surface area contributed by atoms with Crippen LogP contribution in [0.25, 0.3) is 10.9 Å². The molecule has 3 rings (SSSR count). The van der Waals surface area contributed by atoms with Crippen LogP contribution in [0.4, 0.5) is 0 Å². The first-order valence-corrected chi connectivity index (χ1v) is 6.74. The first-order valence-electron chi connectivity index (χ1n) is 5.19. The Morgan fingerprint density at radius 1 is 1.16 bits per heavy atom. The van der Waals surface area contributed by atoms with E-state index in [2.05, 4.69) is 10.3 Å². The van der Waals surface area contributed by atoms with Gasteiger partial charge in [-0.05, 0) is 18.2 Å². The van der Waals surface area contributed by atoms with E-state index in [0.29, 0.717) is 5.52 Å². The van der Waals surface area contributed by atoms with E-state index in [4.69, 9.17) is 5.14 Å². The van der Waals surface area contributed by atoms with Crippen molar-refractivity contribution in [3.63, 3.8) is 0 Å². The number of carbonyl (C=O) groups excluding carboxylic acids is 2. The lowest BCUT2D eigenvalue weighted by Gasteiger charge is -2.04. The molecule has 7 nitrogen and oxygen atoms in total. The van der Waals surface area contributed by atoms with E-state index in [1.54, 1.807) is 0 Å². The SMILES string of the molecule is NS(=O)(=O)c1ccc2ncc3c(c2c1)C(=O)NC3=O. The summed E-state index contributed by atoms with van der Waals surface area (Å²) in [7, 11) is -3.89. The summed E-state index contributed by atoms with van der Waals surface area (Å²) < 4.78 is 22.6. The Morgan fingerprint density at radius 3 is 2.58 bits per heavy atom. The standard InChI is InChI=1S/C11H7N3O4S/c12-19(17,18)5-1-2-8-6(3-5)9-7(4-13-8)10(15)14-11(9)16/h1-4H,(H2,12,17,18)(H,14,15,16). The summed E-state index contributed by atoms with van der Waals surface area (Å²) in [4.78, 5) is 27.1. The maximum atomic E-state index is 11.7. The number of carbonyl (C=O) groups is 2. The van der Waals surface area contributed by atoms with Gasteiger partial charge in [-0.15, -0.1) is 0 Å². The van der Waals surface area contributed by atoms with Crippen molar-refractivity contribution in [2.24, 2.45) is 5.14 Å². The topological polar surface area (TPSA) is 119 Å². The Balaban J connectivity index is 2.43. The van der Waals surface area contributed by atoms with Crippen molar-refractivity contribution in [3.8, 4) is 0 Å². The molecule has 0 radical (unpaired) electrons. The zero-order valence-corrected chi connectivity index (χ0v) is 10.2. The molecular weight excluding hydrogens is 270 g/mol. The minimum atomic E-state index is -3.89. The van der Waals surface area contributed by atoms with Crippen LogP contribution in [0.5, 0.6) is 0 Å². The number of hydrogen-bond acceptors (Lipinski definition) is 5. The highest BCUT2D eigenvalue weighted by Gasteiger charge is 2.29. The number of rotatable bonds is 1. The fourth-order valence-electron chi connectivity index (χ4n) is 2.00. The van der Waals surface area contributed by atoms with Crippen LogP contribution in [-0.2, 0) is 10.0 Å². The van der Waals surface area contributed by atoms with Crippen LogP contribution in [0.15, 0.2) is 29.3 Å². The van der Waals surface area contributed by atoms with Crippen molar-refractivity contribution in [3.05, 3.63) is 35.5 Å². The minimum absolute atomic E-state index is 0.125. The monoisotopic (exact) mass is 277 g/mol.